The van der Waals surface area contributed by atoms with Gasteiger partial charge in [-0.25, -0.2) is 9.59 Å². The highest BCUT2D eigenvalue weighted by Gasteiger charge is 2.51. The van der Waals surface area contributed by atoms with Crippen LogP contribution in [-0.4, -0.2) is 71.7 Å². The first-order valence-corrected chi connectivity index (χ1v) is 8.33. The van der Waals surface area contributed by atoms with Crippen molar-refractivity contribution in [3.05, 3.63) is 0 Å². The van der Waals surface area contributed by atoms with Crippen LogP contribution in [0.3, 0.4) is 0 Å². The van der Waals surface area contributed by atoms with Crippen LogP contribution in [0, 0.1) is 5.92 Å². The van der Waals surface area contributed by atoms with Gasteiger partial charge >= 0.3 is 11.9 Å². The monoisotopic (exact) mass is 356 g/mol. The van der Waals surface area contributed by atoms with E-state index in [0.29, 0.717) is 25.8 Å². The molecule has 4 atom stereocenters. The number of nitrogens with one attached hydrogen (secondary N) is 1. The number of rotatable bonds is 7. The van der Waals surface area contributed by atoms with E-state index in [9.17, 15) is 19.2 Å². The van der Waals surface area contributed by atoms with Gasteiger partial charge < -0.3 is 24.8 Å². The van der Waals surface area contributed by atoms with Gasteiger partial charge in [0, 0.05) is 6.54 Å². The Hall–Kier alpha value is -2.16. The molecule has 2 aliphatic rings. The Morgan fingerprint density at radius 3 is 2.48 bits per heavy atom. The molecule has 25 heavy (non-hydrogen) atoms. The van der Waals surface area contributed by atoms with Gasteiger partial charge in [-0.3, -0.25) is 9.59 Å². The molecule has 2 fully saturated rings. The number of carboxylic acids is 1. The van der Waals surface area contributed by atoms with E-state index in [1.165, 1.54) is 12.0 Å². The third-order valence-corrected chi connectivity index (χ3v) is 4.32. The molecule has 0 aromatic rings. The first kappa shape index (κ1) is 19.2. The Labute approximate surface area is 145 Å². The third-order valence-electron chi connectivity index (χ3n) is 4.32. The van der Waals surface area contributed by atoms with Crippen LogP contribution in [0.1, 0.15) is 33.1 Å². The first-order chi connectivity index (χ1) is 11.8. The second-order valence-electron chi connectivity index (χ2n) is 6.72. The van der Waals surface area contributed by atoms with Crippen molar-refractivity contribution in [2.24, 2.45) is 5.92 Å². The average Bonchev–Trinajstić information content (AvgIpc) is 3.22. The number of ether oxygens (including phenoxy) is 2. The molecule has 0 bridgehead atoms. The number of carbonyl (C=O) groups is 4. The van der Waals surface area contributed by atoms with Crippen molar-refractivity contribution in [1.29, 1.82) is 0 Å². The van der Waals surface area contributed by atoms with Gasteiger partial charge in [-0.15, -0.1) is 0 Å². The van der Waals surface area contributed by atoms with Crippen molar-refractivity contribution in [3.8, 4) is 0 Å². The van der Waals surface area contributed by atoms with Crippen LogP contribution in [0.4, 0.5) is 0 Å². The zero-order valence-corrected chi connectivity index (χ0v) is 14.6. The predicted octanol–water partition coefficient (Wildman–Crippen LogP) is -0.467. The van der Waals surface area contributed by atoms with Crippen LogP contribution in [0.5, 0.6) is 0 Å². The van der Waals surface area contributed by atoms with Crippen LogP contribution in [0.15, 0.2) is 0 Å². The largest absolute Gasteiger partial charge is 0.479 e. The zero-order valence-electron chi connectivity index (χ0n) is 14.6. The van der Waals surface area contributed by atoms with E-state index >= 15 is 0 Å². The second-order valence-corrected chi connectivity index (χ2v) is 6.72. The molecule has 140 valence electrons. The van der Waals surface area contributed by atoms with Gasteiger partial charge in [-0.1, -0.05) is 13.8 Å². The number of epoxide rings is 1. The quantitative estimate of drug-likeness (QED) is 0.467. The molecule has 0 saturated carbocycles. The average molecular weight is 356 g/mol. The lowest BCUT2D eigenvalue weighted by atomic mass is 10.0. The van der Waals surface area contributed by atoms with Gasteiger partial charge in [-0.05, 0) is 25.2 Å². The molecule has 2 rings (SSSR count). The number of carbonyl (C=O) groups excluding carboxylic acids is 3. The number of hydrogen-bond acceptors (Lipinski definition) is 6. The van der Waals surface area contributed by atoms with E-state index in [-0.39, 0.29) is 11.8 Å². The summed E-state index contributed by atoms with van der Waals surface area (Å²) in [6, 6.07) is -1.48. The van der Waals surface area contributed by atoms with Crippen molar-refractivity contribution >= 4 is 23.8 Å². The summed E-state index contributed by atoms with van der Waals surface area (Å²) in [5.74, 6) is -2.55. The molecule has 9 heteroatoms. The molecule has 0 radical (unpaired) electrons. The Balaban J connectivity index is 2.06. The van der Waals surface area contributed by atoms with Gasteiger partial charge in [0.2, 0.25) is 5.91 Å². The summed E-state index contributed by atoms with van der Waals surface area (Å²) in [6.07, 6.45) is -0.660. The lowest BCUT2D eigenvalue weighted by Gasteiger charge is -2.28. The second kappa shape index (κ2) is 7.81. The Kier molecular flexibility index (Phi) is 5.99. The lowest BCUT2D eigenvalue weighted by Crippen LogP contribution is -2.53. The minimum absolute atomic E-state index is 0.115. The number of methoxy groups -OCH3 is 1. The predicted molar refractivity (Wildman–Crippen MR) is 84.4 cm³/mol. The molecule has 0 aromatic heterocycles. The molecule has 2 N–H and O–H groups in total. The van der Waals surface area contributed by atoms with Crippen LogP contribution in [-0.2, 0) is 28.7 Å². The van der Waals surface area contributed by atoms with Crippen molar-refractivity contribution in [2.75, 3.05) is 13.7 Å². The standard InChI is InChI=1S/C16H24N2O7/c1-8(2)7-9(17-13(19)11-12(25-11)15(21)22)14(20)18-6-4-5-10(18)16(23)24-3/h8-12H,4-7H2,1-3H3,(H,17,19)(H,21,22)/t9-,10-,11-,12-/m0/s1. The van der Waals surface area contributed by atoms with Crippen molar-refractivity contribution in [3.63, 3.8) is 0 Å². The molecule has 0 spiro atoms. The zero-order chi connectivity index (χ0) is 18.7. The first-order valence-electron chi connectivity index (χ1n) is 8.33. The summed E-state index contributed by atoms with van der Waals surface area (Å²) in [5.41, 5.74) is 0. The Morgan fingerprint density at radius 2 is 1.96 bits per heavy atom. The fourth-order valence-corrected chi connectivity index (χ4v) is 3.06. The normalized spacial score (nSPS) is 26.2. The summed E-state index contributed by atoms with van der Waals surface area (Å²) in [4.78, 5) is 49.1. The highest BCUT2D eigenvalue weighted by Crippen LogP contribution is 2.24. The molecule has 2 heterocycles. The molecule has 0 unspecified atom stereocenters. The molecular formula is C16H24N2O7. The number of carboxylic acid groups (broad SMARTS) is 1. The van der Waals surface area contributed by atoms with Gasteiger partial charge in [0.15, 0.2) is 12.2 Å². The third kappa shape index (κ3) is 4.47. The Bertz CT molecular complexity index is 563. The van der Waals surface area contributed by atoms with Crippen molar-refractivity contribution in [2.45, 2.75) is 57.4 Å². The van der Waals surface area contributed by atoms with Crippen LogP contribution in [0.2, 0.25) is 0 Å². The topological polar surface area (TPSA) is 126 Å². The summed E-state index contributed by atoms with van der Waals surface area (Å²) in [6.45, 7) is 4.23. The van der Waals surface area contributed by atoms with Gasteiger partial charge in [-0.2, -0.15) is 0 Å². The number of likely N-dealkylation sites (tertiary alicyclic amines) is 1. The van der Waals surface area contributed by atoms with Crippen LogP contribution >= 0.6 is 0 Å². The number of esters is 1. The molecule has 9 nitrogen and oxygen atoms in total. The van der Waals surface area contributed by atoms with Crippen molar-refractivity contribution < 1.29 is 33.8 Å². The molecule has 0 aliphatic carbocycles. The summed E-state index contributed by atoms with van der Waals surface area (Å²) in [7, 11) is 1.27. The molecule has 2 aliphatic heterocycles. The summed E-state index contributed by atoms with van der Waals surface area (Å²) in [5, 5.41) is 11.4. The minimum atomic E-state index is -1.21. The summed E-state index contributed by atoms with van der Waals surface area (Å²) < 4.78 is 9.56. The van der Waals surface area contributed by atoms with Gasteiger partial charge in [0.1, 0.15) is 12.1 Å². The number of amides is 2. The minimum Gasteiger partial charge on any atom is -0.479 e. The molecule has 0 aromatic carbocycles. The maximum absolute atomic E-state index is 12.9. The fourth-order valence-electron chi connectivity index (χ4n) is 3.06. The number of nitrogens with zero attached hydrogens (tertiary/aromatic N) is 1. The number of aliphatic carboxylic acids is 1. The highest BCUT2D eigenvalue weighted by molar-refractivity contribution is 5.96. The van der Waals surface area contributed by atoms with Crippen LogP contribution < -0.4 is 5.32 Å². The summed E-state index contributed by atoms with van der Waals surface area (Å²) >= 11 is 0. The highest BCUT2D eigenvalue weighted by atomic mass is 16.6. The molecule has 2 amide bonds. The van der Waals surface area contributed by atoms with E-state index in [0.717, 1.165) is 0 Å². The van der Waals surface area contributed by atoms with Gasteiger partial charge in [0.25, 0.3) is 5.91 Å². The smallest absolute Gasteiger partial charge is 0.336 e. The van der Waals surface area contributed by atoms with Crippen LogP contribution in [0.25, 0.3) is 0 Å². The maximum atomic E-state index is 12.9. The van der Waals surface area contributed by atoms with E-state index in [1.54, 1.807) is 0 Å². The number of hydrogen-bond donors (Lipinski definition) is 2. The van der Waals surface area contributed by atoms with E-state index < -0.39 is 42.1 Å². The molecular weight excluding hydrogens is 332 g/mol. The molecule has 2 saturated heterocycles. The lowest BCUT2D eigenvalue weighted by molar-refractivity contribution is -0.152. The van der Waals surface area contributed by atoms with E-state index in [1.807, 2.05) is 13.8 Å². The van der Waals surface area contributed by atoms with E-state index in [2.05, 4.69) is 5.32 Å². The van der Waals surface area contributed by atoms with Gasteiger partial charge in [0.05, 0.1) is 7.11 Å². The SMILES string of the molecule is COC(=O)[C@@H]1CCCN1C(=O)[C@H](CC(C)C)NC(=O)[C@H]1O[C@@H]1C(=O)O. The maximum Gasteiger partial charge on any atom is 0.336 e. The van der Waals surface area contributed by atoms with Crippen molar-refractivity contribution in [1.82, 2.24) is 10.2 Å². The Morgan fingerprint density at radius 1 is 1.28 bits per heavy atom. The van der Waals surface area contributed by atoms with E-state index in [4.69, 9.17) is 14.6 Å². The fraction of sp³-hybridized carbons (Fsp3) is 0.750.